The van der Waals surface area contributed by atoms with Gasteiger partial charge in [-0.05, 0) is 30.5 Å². The molecule has 0 saturated carbocycles. The van der Waals surface area contributed by atoms with Crippen molar-refractivity contribution in [3.8, 4) is 0 Å². The Hall–Kier alpha value is -0.690. The van der Waals surface area contributed by atoms with E-state index in [0.29, 0.717) is 0 Å². The molecule has 0 spiro atoms. The maximum absolute atomic E-state index is 2.24. The van der Waals surface area contributed by atoms with E-state index in [2.05, 4.69) is 38.1 Å². The topological polar surface area (TPSA) is 0 Å². The quantitative estimate of drug-likeness (QED) is 0.583. The van der Waals surface area contributed by atoms with Crippen molar-refractivity contribution in [2.24, 2.45) is 0 Å². The molecule has 0 atom stereocenters. The first-order chi connectivity index (χ1) is 5.79. The summed E-state index contributed by atoms with van der Waals surface area (Å²) in [5, 5.41) is 0. The molecule has 0 fully saturated rings. The summed E-state index contributed by atoms with van der Waals surface area (Å²) >= 11 is 1.94. The Morgan fingerprint density at radius 1 is 1.17 bits per heavy atom. The van der Waals surface area contributed by atoms with Crippen LogP contribution in [-0.2, 0) is 0 Å². The first-order valence-electron chi connectivity index (χ1n) is 4.18. The lowest BCUT2D eigenvalue weighted by molar-refractivity contribution is 1.23. The van der Waals surface area contributed by atoms with Crippen molar-refractivity contribution in [1.82, 2.24) is 0 Å². The fourth-order valence-electron chi connectivity index (χ4n) is 1.50. The van der Waals surface area contributed by atoms with Gasteiger partial charge in [-0.3, -0.25) is 0 Å². The van der Waals surface area contributed by atoms with Crippen LogP contribution in [0.4, 0.5) is 0 Å². The zero-order chi connectivity index (χ0) is 8.55. The van der Waals surface area contributed by atoms with Crippen molar-refractivity contribution in [2.45, 2.75) is 18.7 Å². The van der Waals surface area contributed by atoms with Gasteiger partial charge >= 0.3 is 0 Å². The van der Waals surface area contributed by atoms with E-state index < -0.39 is 0 Å². The van der Waals surface area contributed by atoms with Crippen molar-refractivity contribution in [2.75, 3.05) is 5.75 Å². The molecule has 62 valence electrons. The number of fused-ring (bicyclic) bond motifs is 1. The highest BCUT2D eigenvalue weighted by Gasteiger charge is 2.09. The summed E-state index contributed by atoms with van der Waals surface area (Å²) in [5.41, 5.74) is 4.22. The predicted octanol–water partition coefficient (Wildman–Crippen LogP) is 3.42. The zero-order valence-electron chi connectivity index (χ0n) is 7.42. The average molecular weight is 176 g/mol. The molecule has 1 heterocycles. The molecule has 1 aliphatic rings. The second-order valence-electron chi connectivity index (χ2n) is 3.16. The van der Waals surface area contributed by atoms with Crippen LogP contribution in [0, 0.1) is 13.8 Å². The highest BCUT2D eigenvalue weighted by molar-refractivity contribution is 7.99. The standard InChI is InChI=1S/C11H12S/c1-8-5-6-9(2)11-10(8)4-3-7-12-11/h3-6H,7H2,1-2H3. The van der Waals surface area contributed by atoms with Crippen molar-refractivity contribution < 1.29 is 0 Å². The first kappa shape index (κ1) is 7.93. The van der Waals surface area contributed by atoms with Gasteiger partial charge in [-0.2, -0.15) is 0 Å². The Bertz CT molecular complexity index is 337. The van der Waals surface area contributed by atoms with E-state index in [9.17, 15) is 0 Å². The van der Waals surface area contributed by atoms with Gasteiger partial charge in [0.25, 0.3) is 0 Å². The molecular weight excluding hydrogens is 164 g/mol. The molecule has 0 aliphatic carbocycles. The van der Waals surface area contributed by atoms with Crippen LogP contribution < -0.4 is 0 Å². The zero-order valence-corrected chi connectivity index (χ0v) is 8.24. The molecule has 2 rings (SSSR count). The molecule has 0 radical (unpaired) electrons. The van der Waals surface area contributed by atoms with E-state index in [1.165, 1.54) is 21.6 Å². The number of aryl methyl sites for hydroxylation is 2. The van der Waals surface area contributed by atoms with E-state index >= 15 is 0 Å². The Morgan fingerprint density at radius 2 is 1.92 bits per heavy atom. The van der Waals surface area contributed by atoms with Crippen LogP contribution in [0.1, 0.15) is 16.7 Å². The van der Waals surface area contributed by atoms with Gasteiger partial charge in [0.1, 0.15) is 0 Å². The minimum atomic E-state index is 1.12. The van der Waals surface area contributed by atoms with E-state index in [1.807, 2.05) is 11.8 Å². The van der Waals surface area contributed by atoms with Crippen molar-refractivity contribution in [3.05, 3.63) is 34.9 Å². The smallest absolute Gasteiger partial charge is 0.0179 e. The number of benzene rings is 1. The molecule has 1 aromatic rings. The van der Waals surface area contributed by atoms with Crippen LogP contribution in [-0.4, -0.2) is 5.75 Å². The van der Waals surface area contributed by atoms with Crippen LogP contribution in [0.15, 0.2) is 23.1 Å². The van der Waals surface area contributed by atoms with Gasteiger partial charge < -0.3 is 0 Å². The van der Waals surface area contributed by atoms with Crippen LogP contribution in [0.5, 0.6) is 0 Å². The highest BCUT2D eigenvalue weighted by atomic mass is 32.2. The summed E-state index contributed by atoms with van der Waals surface area (Å²) in [4.78, 5) is 1.47. The van der Waals surface area contributed by atoms with Crippen LogP contribution in [0.25, 0.3) is 6.08 Å². The van der Waals surface area contributed by atoms with Crippen LogP contribution in [0.2, 0.25) is 0 Å². The molecular formula is C11H12S. The normalized spacial score (nSPS) is 14.5. The van der Waals surface area contributed by atoms with Gasteiger partial charge in [0.2, 0.25) is 0 Å². The van der Waals surface area contributed by atoms with Gasteiger partial charge in [0.05, 0.1) is 0 Å². The molecule has 12 heavy (non-hydrogen) atoms. The maximum Gasteiger partial charge on any atom is 0.0179 e. The predicted molar refractivity (Wildman–Crippen MR) is 55.7 cm³/mol. The minimum Gasteiger partial charge on any atom is -0.121 e. The molecule has 1 aliphatic heterocycles. The third kappa shape index (κ3) is 1.18. The average Bonchev–Trinajstić information content (AvgIpc) is 2.12. The summed E-state index contributed by atoms with van der Waals surface area (Å²) < 4.78 is 0. The van der Waals surface area contributed by atoms with Gasteiger partial charge in [-0.25, -0.2) is 0 Å². The fourth-order valence-corrected chi connectivity index (χ4v) is 2.54. The molecule has 0 saturated heterocycles. The molecule has 1 aromatic carbocycles. The summed E-state index contributed by atoms with van der Waals surface area (Å²) in [6.45, 7) is 4.36. The summed E-state index contributed by atoms with van der Waals surface area (Å²) in [7, 11) is 0. The van der Waals surface area contributed by atoms with Crippen molar-refractivity contribution >= 4 is 17.8 Å². The Morgan fingerprint density at radius 3 is 2.67 bits per heavy atom. The number of hydrogen-bond acceptors (Lipinski definition) is 1. The lowest BCUT2D eigenvalue weighted by Gasteiger charge is -2.14. The van der Waals surface area contributed by atoms with Gasteiger partial charge in [0.15, 0.2) is 0 Å². The molecule has 0 N–H and O–H groups in total. The Labute approximate surface area is 77.7 Å². The van der Waals surface area contributed by atoms with Crippen molar-refractivity contribution in [1.29, 1.82) is 0 Å². The van der Waals surface area contributed by atoms with Crippen molar-refractivity contribution in [3.63, 3.8) is 0 Å². The summed E-state index contributed by atoms with van der Waals surface area (Å²) in [6.07, 6.45) is 4.48. The SMILES string of the molecule is Cc1ccc(C)c2c1C=CCS2. The van der Waals surface area contributed by atoms with Gasteiger partial charge in [0, 0.05) is 10.6 Å². The summed E-state index contributed by atoms with van der Waals surface area (Å²) in [6, 6.07) is 4.41. The van der Waals surface area contributed by atoms with E-state index in [1.54, 1.807) is 0 Å². The second kappa shape index (κ2) is 2.98. The third-order valence-electron chi connectivity index (χ3n) is 2.22. The van der Waals surface area contributed by atoms with E-state index in [4.69, 9.17) is 0 Å². The van der Waals surface area contributed by atoms with E-state index in [0.717, 1.165) is 5.75 Å². The molecule has 0 unspecified atom stereocenters. The molecule has 0 nitrogen and oxygen atoms in total. The third-order valence-corrected chi connectivity index (χ3v) is 3.41. The Balaban J connectivity index is 2.67. The second-order valence-corrected chi connectivity index (χ2v) is 4.19. The summed E-state index contributed by atoms with van der Waals surface area (Å²) in [5.74, 6) is 1.12. The lowest BCUT2D eigenvalue weighted by Crippen LogP contribution is -1.93. The van der Waals surface area contributed by atoms with Crippen LogP contribution in [0.3, 0.4) is 0 Å². The Kier molecular flexibility index (Phi) is 1.97. The number of hydrogen-bond donors (Lipinski definition) is 0. The maximum atomic E-state index is 2.24. The molecule has 1 heteroatoms. The number of thioether (sulfide) groups is 1. The van der Waals surface area contributed by atoms with E-state index in [-0.39, 0.29) is 0 Å². The first-order valence-corrected chi connectivity index (χ1v) is 5.17. The number of rotatable bonds is 0. The highest BCUT2D eigenvalue weighted by Crippen LogP contribution is 2.33. The largest absolute Gasteiger partial charge is 0.121 e. The fraction of sp³-hybridized carbons (Fsp3) is 0.273. The minimum absolute atomic E-state index is 1.12. The molecule has 0 bridgehead atoms. The monoisotopic (exact) mass is 176 g/mol. The van der Waals surface area contributed by atoms with Gasteiger partial charge in [-0.15, -0.1) is 11.8 Å². The molecule has 0 aromatic heterocycles. The molecule has 0 amide bonds. The van der Waals surface area contributed by atoms with Gasteiger partial charge in [-0.1, -0.05) is 24.3 Å². The lowest BCUT2D eigenvalue weighted by atomic mass is 10.0. The van der Waals surface area contributed by atoms with Crippen LogP contribution >= 0.6 is 11.8 Å².